The van der Waals surface area contributed by atoms with Crippen LogP contribution in [-0.2, 0) is 10.0 Å². The number of anilines is 1. The molecule has 2 rings (SSSR count). The van der Waals surface area contributed by atoms with E-state index in [0.717, 1.165) is 18.2 Å². The lowest BCUT2D eigenvalue weighted by Crippen LogP contribution is -2.27. The van der Waals surface area contributed by atoms with Crippen LogP contribution in [0.4, 0.5) is 11.4 Å². The van der Waals surface area contributed by atoms with E-state index in [9.17, 15) is 23.7 Å². The molecule has 0 spiro atoms. The molecule has 0 fully saturated rings. The Morgan fingerprint density at radius 3 is 2.33 bits per heavy atom. The second kappa shape index (κ2) is 5.68. The molecule has 0 aliphatic rings. The van der Waals surface area contributed by atoms with E-state index in [1.807, 2.05) is 0 Å². The summed E-state index contributed by atoms with van der Waals surface area (Å²) in [6.45, 7) is 0. The number of sulfonamides is 1. The summed E-state index contributed by atoms with van der Waals surface area (Å²) < 4.78 is 24.5. The molecule has 1 N–H and O–H groups in total. The highest BCUT2D eigenvalue weighted by atomic mass is 35.5. The molecule has 9 heteroatoms. The lowest BCUT2D eigenvalue weighted by molar-refractivity contribution is -0.385. The van der Waals surface area contributed by atoms with Gasteiger partial charge in [-0.15, -0.1) is 4.47 Å². The van der Waals surface area contributed by atoms with Gasteiger partial charge in [-0.1, -0.05) is 17.7 Å². The van der Waals surface area contributed by atoms with Crippen LogP contribution < -0.4 is 4.47 Å². The summed E-state index contributed by atoms with van der Waals surface area (Å²) in [6, 6.07) is 9.82. The third kappa shape index (κ3) is 3.13. The molecule has 0 bridgehead atoms. The number of hydrogen-bond donors (Lipinski definition) is 1. The Morgan fingerprint density at radius 1 is 1.14 bits per heavy atom. The minimum absolute atomic E-state index is 0.0362. The standard InChI is InChI=1S/C12H9ClN2O5S/c13-9-4-6-10(7-5-9)15(18)21(19,20)12-3-1-2-11(8-12)14(16)17/h1-8,18H. The van der Waals surface area contributed by atoms with Crippen molar-refractivity contribution in [2.24, 2.45) is 0 Å². The van der Waals surface area contributed by atoms with Crippen LogP contribution in [0.1, 0.15) is 0 Å². The topological polar surface area (TPSA) is 101 Å². The van der Waals surface area contributed by atoms with Gasteiger partial charge in [-0.2, -0.15) is 8.42 Å². The van der Waals surface area contributed by atoms with Crippen molar-refractivity contribution in [3.8, 4) is 0 Å². The number of nitro benzene ring substituents is 1. The third-order valence-electron chi connectivity index (χ3n) is 2.60. The highest BCUT2D eigenvalue weighted by Crippen LogP contribution is 2.25. The highest BCUT2D eigenvalue weighted by molar-refractivity contribution is 7.92. The van der Waals surface area contributed by atoms with Crippen LogP contribution in [0.3, 0.4) is 0 Å². The molecule has 21 heavy (non-hydrogen) atoms. The van der Waals surface area contributed by atoms with Gasteiger partial charge in [0.25, 0.3) is 15.7 Å². The van der Waals surface area contributed by atoms with E-state index >= 15 is 0 Å². The van der Waals surface area contributed by atoms with E-state index in [2.05, 4.69) is 0 Å². The average Bonchev–Trinajstić information content (AvgIpc) is 2.47. The second-order valence-electron chi connectivity index (χ2n) is 3.98. The van der Waals surface area contributed by atoms with Gasteiger partial charge in [-0.25, -0.2) is 0 Å². The van der Waals surface area contributed by atoms with Gasteiger partial charge in [-0.05, 0) is 30.3 Å². The number of hydrogen-bond acceptors (Lipinski definition) is 5. The zero-order valence-corrected chi connectivity index (χ0v) is 12.0. The van der Waals surface area contributed by atoms with Gasteiger partial charge in [0, 0.05) is 17.2 Å². The summed E-state index contributed by atoms with van der Waals surface area (Å²) in [5, 5.41) is 20.9. The first-order valence-corrected chi connectivity index (χ1v) is 7.38. The molecule has 0 amide bonds. The van der Waals surface area contributed by atoms with E-state index in [1.54, 1.807) is 0 Å². The molecule has 0 saturated heterocycles. The van der Waals surface area contributed by atoms with E-state index in [1.165, 1.54) is 30.3 Å². The Kier molecular flexibility index (Phi) is 4.12. The Labute approximate surface area is 125 Å². The third-order valence-corrected chi connectivity index (χ3v) is 4.37. The number of nitro groups is 1. The van der Waals surface area contributed by atoms with Gasteiger partial charge in [0.2, 0.25) is 0 Å². The van der Waals surface area contributed by atoms with Crippen LogP contribution in [0.2, 0.25) is 5.02 Å². The minimum Gasteiger partial charge on any atom is -0.274 e. The fraction of sp³-hybridized carbons (Fsp3) is 0. The van der Waals surface area contributed by atoms with Crippen LogP contribution in [0.15, 0.2) is 53.4 Å². The van der Waals surface area contributed by atoms with Gasteiger partial charge in [-0.3, -0.25) is 15.3 Å². The molecule has 0 aliphatic heterocycles. The molecular weight excluding hydrogens is 320 g/mol. The summed E-state index contributed by atoms with van der Waals surface area (Å²) >= 11 is 5.68. The molecule has 7 nitrogen and oxygen atoms in total. The molecular formula is C12H9ClN2O5S. The number of nitrogens with zero attached hydrogens (tertiary/aromatic N) is 2. The van der Waals surface area contributed by atoms with Crippen molar-refractivity contribution >= 4 is 33.0 Å². The van der Waals surface area contributed by atoms with Crippen molar-refractivity contribution in [3.63, 3.8) is 0 Å². The van der Waals surface area contributed by atoms with Crippen molar-refractivity contribution in [1.29, 1.82) is 0 Å². The van der Waals surface area contributed by atoms with Crippen LogP contribution in [0.5, 0.6) is 0 Å². The van der Waals surface area contributed by atoms with Crippen molar-refractivity contribution in [1.82, 2.24) is 0 Å². The summed E-state index contributed by atoms with van der Waals surface area (Å²) in [5.74, 6) is 0. The number of rotatable bonds is 4. The number of benzene rings is 2. The van der Waals surface area contributed by atoms with Crippen LogP contribution in [0, 0.1) is 10.1 Å². The molecule has 0 aliphatic carbocycles. The molecule has 0 unspecified atom stereocenters. The normalized spacial score (nSPS) is 11.1. The predicted molar refractivity (Wildman–Crippen MR) is 76.0 cm³/mol. The number of halogens is 1. The van der Waals surface area contributed by atoms with E-state index < -0.39 is 19.8 Å². The predicted octanol–water partition coefficient (Wildman–Crippen LogP) is 2.83. The SMILES string of the molecule is O=[N+]([O-])c1cccc(S(=O)(=O)N(O)c2ccc(Cl)cc2)c1. The molecule has 0 heterocycles. The van der Waals surface area contributed by atoms with Crippen LogP contribution in [0.25, 0.3) is 0 Å². The first-order chi connectivity index (χ1) is 9.82. The lowest BCUT2D eigenvalue weighted by Gasteiger charge is -2.16. The van der Waals surface area contributed by atoms with Crippen LogP contribution in [-0.4, -0.2) is 18.5 Å². The van der Waals surface area contributed by atoms with Crippen molar-refractivity contribution < 1.29 is 18.5 Å². The van der Waals surface area contributed by atoms with Gasteiger partial charge < -0.3 is 0 Å². The summed E-state index contributed by atoms with van der Waals surface area (Å²) in [5.41, 5.74) is -0.425. The second-order valence-corrected chi connectivity index (χ2v) is 6.18. The van der Waals surface area contributed by atoms with Crippen molar-refractivity contribution in [2.45, 2.75) is 4.90 Å². The molecule has 2 aromatic carbocycles. The summed E-state index contributed by atoms with van der Waals surface area (Å²) in [4.78, 5) is 9.56. The van der Waals surface area contributed by atoms with E-state index in [4.69, 9.17) is 11.6 Å². The zero-order valence-electron chi connectivity index (χ0n) is 10.4. The quantitative estimate of drug-likeness (QED) is 0.687. The Hall–Kier alpha value is -2.16. The summed E-state index contributed by atoms with van der Waals surface area (Å²) in [7, 11) is -4.32. The average molecular weight is 329 g/mol. The van der Waals surface area contributed by atoms with Gasteiger partial charge in [0.1, 0.15) is 0 Å². The van der Waals surface area contributed by atoms with Gasteiger partial charge in [0.05, 0.1) is 15.5 Å². The van der Waals surface area contributed by atoms with Gasteiger partial charge >= 0.3 is 0 Å². The first-order valence-electron chi connectivity index (χ1n) is 5.56. The minimum atomic E-state index is -4.32. The fourth-order valence-corrected chi connectivity index (χ4v) is 2.81. The molecule has 0 atom stereocenters. The van der Waals surface area contributed by atoms with Crippen LogP contribution >= 0.6 is 11.6 Å². The molecule has 0 radical (unpaired) electrons. The first kappa shape index (κ1) is 15.2. The van der Waals surface area contributed by atoms with Crippen molar-refractivity contribution in [3.05, 3.63) is 63.7 Å². The molecule has 0 saturated carbocycles. The Morgan fingerprint density at radius 2 is 1.76 bits per heavy atom. The highest BCUT2D eigenvalue weighted by Gasteiger charge is 2.25. The smallest absolute Gasteiger partial charge is 0.274 e. The lowest BCUT2D eigenvalue weighted by atomic mass is 10.3. The maximum atomic E-state index is 12.2. The van der Waals surface area contributed by atoms with Crippen molar-refractivity contribution in [2.75, 3.05) is 4.47 Å². The van der Waals surface area contributed by atoms with E-state index in [-0.39, 0.29) is 15.8 Å². The fourth-order valence-electron chi connectivity index (χ4n) is 1.56. The Balaban J connectivity index is 2.44. The monoisotopic (exact) mass is 328 g/mol. The zero-order chi connectivity index (χ0) is 15.6. The largest absolute Gasteiger partial charge is 0.286 e. The maximum absolute atomic E-state index is 12.2. The molecule has 2 aromatic rings. The molecule has 110 valence electrons. The van der Waals surface area contributed by atoms with E-state index in [0.29, 0.717) is 5.02 Å². The Bertz CT molecular complexity index is 776. The summed E-state index contributed by atoms with van der Waals surface area (Å²) in [6.07, 6.45) is 0. The maximum Gasteiger partial charge on any atom is 0.286 e. The molecule has 0 aromatic heterocycles. The number of non-ortho nitro benzene ring substituents is 1. The van der Waals surface area contributed by atoms with Gasteiger partial charge in [0.15, 0.2) is 0 Å².